The van der Waals surface area contributed by atoms with Crippen molar-refractivity contribution in [1.82, 2.24) is 0 Å². The first-order chi connectivity index (χ1) is 12.4. The van der Waals surface area contributed by atoms with E-state index >= 15 is 0 Å². The second kappa shape index (κ2) is 12.7. The van der Waals surface area contributed by atoms with Crippen LogP contribution in [0.25, 0.3) is 12.2 Å². The summed E-state index contributed by atoms with van der Waals surface area (Å²) in [6.07, 6.45) is 4.29. The summed E-state index contributed by atoms with van der Waals surface area (Å²) in [5.41, 5.74) is 1.31. The molecule has 0 saturated heterocycles. The van der Waals surface area contributed by atoms with Crippen LogP contribution in [0, 0.1) is 0 Å². The number of carbonyl (C=O) groups excluding carboxylic acids is 3. The molecule has 2 aromatic carbocycles. The number of benzene rings is 2. The zero-order valence-electron chi connectivity index (χ0n) is 15.8. The number of ketones is 1. The fraction of sp³-hybridized carbons (Fsp3) is 0.0500. The van der Waals surface area contributed by atoms with Crippen LogP contribution in [0.5, 0.6) is 0 Å². The molecule has 0 fully saturated rings. The van der Waals surface area contributed by atoms with Gasteiger partial charge < -0.3 is 24.5 Å². The number of hydrogen-bond donors (Lipinski definition) is 0. The van der Waals surface area contributed by atoms with Crippen molar-refractivity contribution < 1.29 is 88.4 Å². The molecule has 0 saturated carbocycles. The summed E-state index contributed by atoms with van der Waals surface area (Å²) >= 11 is 0. The molecule has 28 heavy (non-hydrogen) atoms. The molecule has 0 amide bonds. The second-order valence-corrected chi connectivity index (χ2v) is 5.23. The number of allylic oxidation sites excluding steroid dienone is 1. The van der Waals surface area contributed by atoms with E-state index in [9.17, 15) is 24.6 Å². The van der Waals surface area contributed by atoms with Gasteiger partial charge in [0.1, 0.15) is 0 Å². The van der Waals surface area contributed by atoms with Gasteiger partial charge in [0.15, 0.2) is 5.76 Å². The summed E-state index contributed by atoms with van der Waals surface area (Å²) in [4.78, 5) is 33.6. The Morgan fingerprint density at radius 1 is 0.786 bits per heavy atom. The number of hydrogen-bond acceptors (Lipinski definition) is 6. The van der Waals surface area contributed by atoms with Crippen molar-refractivity contribution in [1.29, 1.82) is 0 Å². The Morgan fingerprint density at radius 2 is 1.21 bits per heavy atom. The van der Waals surface area contributed by atoms with Gasteiger partial charge in [-0.2, -0.15) is 0 Å². The van der Waals surface area contributed by atoms with Crippen LogP contribution in [0.2, 0.25) is 0 Å². The average molecular weight is 396 g/mol. The molecule has 2 rings (SSSR count). The Balaban J connectivity index is 0.00000364. The van der Waals surface area contributed by atoms with E-state index < -0.39 is 17.7 Å². The molecule has 0 spiro atoms. The van der Waals surface area contributed by atoms with Gasteiger partial charge in [0.05, 0.1) is 19.0 Å². The molecule has 132 valence electrons. The van der Waals surface area contributed by atoms with E-state index in [1.807, 2.05) is 0 Å². The van der Waals surface area contributed by atoms with Gasteiger partial charge in [-0.25, -0.2) is 0 Å². The first kappa shape index (κ1) is 26.3. The Labute approximate surface area is 206 Å². The van der Waals surface area contributed by atoms with E-state index in [-0.39, 0.29) is 76.0 Å². The van der Waals surface area contributed by atoms with Gasteiger partial charge in [-0.05, 0) is 34.4 Å². The number of methoxy groups -OCH3 is 1. The van der Waals surface area contributed by atoms with Crippen molar-refractivity contribution in [3.05, 3.63) is 82.6 Å². The Hall–Kier alpha value is -1.67. The molecule has 0 heterocycles. The van der Waals surface area contributed by atoms with Crippen molar-refractivity contribution in [2.45, 2.75) is 0 Å². The summed E-state index contributed by atoms with van der Waals surface area (Å²) in [5, 5.41) is 21.4. The van der Waals surface area contributed by atoms with Gasteiger partial charge in [-0.15, -0.1) is 0 Å². The molecule has 0 aliphatic heterocycles. The number of rotatable bonds is 7. The molecule has 0 aliphatic rings. The number of aromatic carboxylic acids is 2. The van der Waals surface area contributed by atoms with E-state index in [1.165, 1.54) is 61.7 Å². The molecule has 0 bridgehead atoms. The maximum absolute atomic E-state index is 12.2. The van der Waals surface area contributed by atoms with Crippen LogP contribution in [0.3, 0.4) is 0 Å². The van der Waals surface area contributed by atoms with Crippen LogP contribution < -0.4 is 69.3 Å². The van der Waals surface area contributed by atoms with Gasteiger partial charge in [-0.3, -0.25) is 4.79 Å². The molecular weight excluding hydrogens is 382 g/mol. The normalized spacial score (nSPS) is 10.5. The zero-order chi connectivity index (χ0) is 19.1. The van der Waals surface area contributed by atoms with Crippen LogP contribution in [0.1, 0.15) is 31.8 Å². The predicted octanol–water partition coefficient (Wildman–Crippen LogP) is -5.31. The molecule has 0 radical (unpaired) electrons. The van der Waals surface area contributed by atoms with Crippen molar-refractivity contribution in [3.63, 3.8) is 0 Å². The Morgan fingerprint density at radius 3 is 1.61 bits per heavy atom. The topological polar surface area (TPSA) is 107 Å². The minimum absolute atomic E-state index is 0. The minimum Gasteiger partial charge on any atom is -0.545 e. The van der Waals surface area contributed by atoms with Gasteiger partial charge in [0.25, 0.3) is 0 Å². The Bertz CT molecular complexity index is 884. The summed E-state index contributed by atoms with van der Waals surface area (Å²) < 4.78 is 5.08. The maximum Gasteiger partial charge on any atom is 1.00 e. The Kier molecular flexibility index (Phi) is 12.0. The van der Waals surface area contributed by atoms with Crippen LogP contribution in [-0.4, -0.2) is 24.8 Å². The maximum atomic E-state index is 12.2. The largest absolute Gasteiger partial charge is 1.00 e. The third kappa shape index (κ3) is 7.75. The van der Waals surface area contributed by atoms with E-state index in [4.69, 9.17) is 4.74 Å². The fourth-order valence-corrected chi connectivity index (χ4v) is 2.08. The molecule has 2 aromatic rings. The van der Waals surface area contributed by atoms with Crippen LogP contribution in [-0.2, 0) is 9.53 Å². The summed E-state index contributed by atoms with van der Waals surface area (Å²) in [7, 11) is 1.35. The van der Waals surface area contributed by atoms with E-state index in [2.05, 4.69) is 0 Å². The van der Waals surface area contributed by atoms with Crippen molar-refractivity contribution >= 4 is 29.9 Å². The SMILES string of the molecule is COC(=Cc1ccc(C(=O)[O-])cc1)C(=O)C=Cc1ccc(C(=O)[O-])cc1.[Na+].[Na+]. The number of carboxylic acids is 2. The van der Waals surface area contributed by atoms with Gasteiger partial charge in [0, 0.05) is 0 Å². The molecule has 0 N–H and O–H groups in total. The smallest absolute Gasteiger partial charge is 0.545 e. The van der Waals surface area contributed by atoms with Crippen molar-refractivity contribution in [2.24, 2.45) is 0 Å². The second-order valence-electron chi connectivity index (χ2n) is 5.23. The number of carbonyl (C=O) groups is 3. The molecule has 6 nitrogen and oxygen atoms in total. The molecule has 0 aromatic heterocycles. The molecule has 8 heteroatoms. The van der Waals surface area contributed by atoms with Gasteiger partial charge in [0.2, 0.25) is 5.78 Å². The van der Waals surface area contributed by atoms with Crippen LogP contribution in [0.4, 0.5) is 0 Å². The summed E-state index contributed by atoms with van der Waals surface area (Å²) in [6, 6.07) is 11.6. The quantitative estimate of drug-likeness (QED) is 0.263. The fourth-order valence-electron chi connectivity index (χ4n) is 2.08. The standard InChI is InChI=1S/C20H16O6.2Na/c1-26-18(12-14-4-9-16(10-5-14)20(24)25)17(21)11-6-13-2-7-15(8-3-13)19(22)23;;/h2-12H,1H3,(H,22,23)(H,24,25);;/q;2*+1/p-2. The molecule has 0 unspecified atom stereocenters. The van der Waals surface area contributed by atoms with Gasteiger partial charge >= 0.3 is 59.1 Å². The number of ether oxygens (including phenoxy) is 1. The monoisotopic (exact) mass is 396 g/mol. The van der Waals surface area contributed by atoms with E-state index in [0.717, 1.165) is 0 Å². The summed E-state index contributed by atoms with van der Waals surface area (Å²) in [6.45, 7) is 0. The number of carboxylic acid groups (broad SMARTS) is 2. The molecule has 0 aliphatic carbocycles. The minimum atomic E-state index is -1.28. The first-order valence-corrected chi connectivity index (χ1v) is 7.51. The third-order valence-electron chi connectivity index (χ3n) is 3.48. The third-order valence-corrected chi connectivity index (χ3v) is 3.48. The van der Waals surface area contributed by atoms with Crippen molar-refractivity contribution in [2.75, 3.05) is 7.11 Å². The van der Waals surface area contributed by atoms with Crippen LogP contribution >= 0.6 is 0 Å². The predicted molar refractivity (Wildman–Crippen MR) is 90.6 cm³/mol. The van der Waals surface area contributed by atoms with E-state index in [0.29, 0.717) is 11.1 Å². The zero-order valence-corrected chi connectivity index (χ0v) is 19.8. The van der Waals surface area contributed by atoms with Gasteiger partial charge in [-0.1, -0.05) is 54.6 Å². The van der Waals surface area contributed by atoms with Crippen LogP contribution in [0.15, 0.2) is 60.4 Å². The van der Waals surface area contributed by atoms with E-state index in [1.54, 1.807) is 12.1 Å². The summed E-state index contributed by atoms with van der Waals surface area (Å²) in [5.74, 6) is -2.89. The molecular formula is C20H14Na2O6. The average Bonchev–Trinajstić information content (AvgIpc) is 2.64. The first-order valence-electron chi connectivity index (χ1n) is 7.51. The molecule has 0 atom stereocenters. The van der Waals surface area contributed by atoms with Crippen molar-refractivity contribution in [3.8, 4) is 0 Å².